The first-order valence-corrected chi connectivity index (χ1v) is 8.98. The van der Waals surface area contributed by atoms with Crippen LogP contribution in [0.2, 0.25) is 0 Å². The Morgan fingerprint density at radius 2 is 2.04 bits per heavy atom. The van der Waals surface area contributed by atoms with Gasteiger partial charge in [-0.15, -0.1) is 0 Å². The third-order valence-corrected chi connectivity index (χ3v) is 5.41. The van der Waals surface area contributed by atoms with Crippen molar-refractivity contribution < 1.29 is 4.79 Å². The quantitative estimate of drug-likeness (QED) is 0.937. The van der Waals surface area contributed by atoms with E-state index in [1.165, 1.54) is 28.5 Å². The Labute approximate surface area is 140 Å². The summed E-state index contributed by atoms with van der Waals surface area (Å²) in [5.74, 6) is -0.126. The van der Waals surface area contributed by atoms with E-state index in [9.17, 15) is 9.59 Å². The summed E-state index contributed by atoms with van der Waals surface area (Å²) in [6.07, 6.45) is 4.81. The Morgan fingerprint density at radius 1 is 1.30 bits per heavy atom. The normalized spacial score (nSPS) is 15.0. The van der Waals surface area contributed by atoms with Crippen LogP contribution in [-0.4, -0.2) is 10.5 Å². The van der Waals surface area contributed by atoms with Crippen molar-refractivity contribution in [2.45, 2.75) is 52.1 Å². The van der Waals surface area contributed by atoms with Crippen LogP contribution in [0.1, 0.15) is 48.2 Å². The van der Waals surface area contributed by atoms with Gasteiger partial charge in [0.25, 0.3) is 0 Å². The van der Waals surface area contributed by atoms with E-state index in [4.69, 9.17) is 0 Å². The molecule has 0 spiro atoms. The summed E-state index contributed by atoms with van der Waals surface area (Å²) in [6.45, 7) is 3.92. The molecular formula is C18H22N2O2S. The minimum Gasteiger partial charge on any atom is -0.348 e. The minimum atomic E-state index is -0.126. The molecule has 122 valence electrons. The number of carbonyl (C=O) groups is 1. The van der Waals surface area contributed by atoms with Gasteiger partial charge < -0.3 is 5.32 Å². The van der Waals surface area contributed by atoms with E-state index in [1.807, 2.05) is 13.8 Å². The monoisotopic (exact) mass is 330 g/mol. The van der Waals surface area contributed by atoms with Gasteiger partial charge in [0.2, 0.25) is 5.91 Å². The number of thiazole rings is 1. The summed E-state index contributed by atoms with van der Waals surface area (Å²) >= 11 is 1.13. The van der Waals surface area contributed by atoms with E-state index < -0.39 is 0 Å². The molecule has 5 heteroatoms. The summed E-state index contributed by atoms with van der Waals surface area (Å²) < 4.78 is 1.51. The molecule has 0 saturated carbocycles. The van der Waals surface area contributed by atoms with Gasteiger partial charge in [-0.25, -0.2) is 0 Å². The molecule has 23 heavy (non-hydrogen) atoms. The molecule has 1 N–H and O–H groups in total. The number of nitrogens with one attached hydrogen (secondary N) is 1. The molecule has 0 fully saturated rings. The summed E-state index contributed by atoms with van der Waals surface area (Å²) in [5.41, 5.74) is 4.82. The number of aryl methyl sites for hydroxylation is 3. The fraction of sp³-hybridized carbons (Fsp3) is 0.444. The van der Waals surface area contributed by atoms with Gasteiger partial charge in [0.15, 0.2) is 0 Å². The maximum Gasteiger partial charge on any atom is 0.307 e. The molecule has 1 heterocycles. The van der Waals surface area contributed by atoms with Gasteiger partial charge in [0.05, 0.1) is 6.04 Å². The molecule has 0 bridgehead atoms. The number of fused-ring (bicyclic) bond motifs is 1. The van der Waals surface area contributed by atoms with Crippen molar-refractivity contribution in [2.24, 2.45) is 0 Å². The summed E-state index contributed by atoms with van der Waals surface area (Å²) in [6, 6.07) is 6.47. The summed E-state index contributed by atoms with van der Waals surface area (Å²) in [7, 11) is 0. The Balaban J connectivity index is 1.68. The molecule has 1 aromatic carbocycles. The predicted octanol–water partition coefficient (Wildman–Crippen LogP) is 2.97. The highest BCUT2D eigenvalue weighted by Gasteiger charge is 2.15. The SMILES string of the molecule is Cc1csc(=O)n1CC(=O)NC(C)c1ccc2c(c1)CCCC2. The highest BCUT2D eigenvalue weighted by molar-refractivity contribution is 7.07. The van der Waals surface area contributed by atoms with Crippen LogP contribution in [0.15, 0.2) is 28.4 Å². The van der Waals surface area contributed by atoms with Crippen LogP contribution in [0, 0.1) is 6.92 Å². The molecule has 1 aliphatic rings. The molecule has 1 atom stereocenters. The van der Waals surface area contributed by atoms with Gasteiger partial charge in [0.1, 0.15) is 6.54 Å². The van der Waals surface area contributed by atoms with Crippen molar-refractivity contribution in [3.8, 4) is 0 Å². The first-order valence-electron chi connectivity index (χ1n) is 8.10. The number of hydrogen-bond acceptors (Lipinski definition) is 3. The van der Waals surface area contributed by atoms with Crippen LogP contribution >= 0.6 is 11.3 Å². The Bertz CT molecular complexity index is 776. The minimum absolute atomic E-state index is 0.0515. The molecule has 0 radical (unpaired) electrons. The van der Waals surface area contributed by atoms with Gasteiger partial charge >= 0.3 is 4.87 Å². The Kier molecular flexibility index (Phi) is 4.66. The van der Waals surface area contributed by atoms with Gasteiger partial charge in [-0.05, 0) is 56.2 Å². The highest BCUT2D eigenvalue weighted by atomic mass is 32.1. The Morgan fingerprint density at radius 3 is 2.74 bits per heavy atom. The molecule has 0 aliphatic heterocycles. The fourth-order valence-corrected chi connectivity index (χ4v) is 3.87. The van der Waals surface area contributed by atoms with E-state index in [0.29, 0.717) is 0 Å². The van der Waals surface area contributed by atoms with Gasteiger partial charge in [-0.1, -0.05) is 29.5 Å². The van der Waals surface area contributed by atoms with Gasteiger partial charge in [0, 0.05) is 11.1 Å². The Hall–Kier alpha value is -1.88. The smallest absolute Gasteiger partial charge is 0.307 e. The van der Waals surface area contributed by atoms with Crippen LogP contribution in [0.25, 0.3) is 0 Å². The van der Waals surface area contributed by atoms with E-state index in [-0.39, 0.29) is 23.4 Å². The van der Waals surface area contributed by atoms with E-state index >= 15 is 0 Å². The molecule has 1 aromatic heterocycles. The van der Waals surface area contributed by atoms with E-state index in [2.05, 4.69) is 23.5 Å². The number of rotatable bonds is 4. The van der Waals surface area contributed by atoms with Crippen molar-refractivity contribution in [3.05, 3.63) is 55.6 Å². The lowest BCUT2D eigenvalue weighted by molar-refractivity contribution is -0.122. The van der Waals surface area contributed by atoms with Crippen LogP contribution in [0.4, 0.5) is 0 Å². The third-order valence-electron chi connectivity index (χ3n) is 4.53. The molecule has 0 saturated heterocycles. The maximum atomic E-state index is 12.2. The zero-order valence-corrected chi connectivity index (χ0v) is 14.4. The zero-order valence-electron chi connectivity index (χ0n) is 13.6. The number of benzene rings is 1. The number of hydrogen-bond donors (Lipinski definition) is 1. The molecule has 2 aromatic rings. The van der Waals surface area contributed by atoms with Crippen LogP contribution in [-0.2, 0) is 24.2 Å². The standard InChI is InChI=1S/C18H22N2O2S/c1-12-11-23-18(22)20(12)10-17(21)19-13(2)15-8-7-14-5-3-4-6-16(14)9-15/h7-9,11,13H,3-6,10H2,1-2H3,(H,19,21). The summed E-state index contributed by atoms with van der Waals surface area (Å²) in [4.78, 5) is 23.8. The number of nitrogens with zero attached hydrogens (tertiary/aromatic N) is 1. The number of amides is 1. The van der Waals surface area contributed by atoms with Crippen LogP contribution < -0.4 is 10.2 Å². The van der Waals surface area contributed by atoms with Crippen molar-refractivity contribution >= 4 is 17.2 Å². The maximum absolute atomic E-state index is 12.2. The molecule has 1 aliphatic carbocycles. The average Bonchev–Trinajstić information content (AvgIpc) is 2.86. The second-order valence-corrected chi connectivity index (χ2v) is 7.07. The van der Waals surface area contributed by atoms with Crippen LogP contribution in [0.3, 0.4) is 0 Å². The number of aromatic nitrogens is 1. The fourth-order valence-electron chi connectivity index (χ4n) is 3.13. The average molecular weight is 330 g/mol. The second kappa shape index (κ2) is 6.71. The second-order valence-electron chi connectivity index (χ2n) is 6.25. The van der Waals surface area contributed by atoms with E-state index in [1.54, 1.807) is 5.38 Å². The third kappa shape index (κ3) is 3.55. The van der Waals surface area contributed by atoms with Crippen molar-refractivity contribution in [3.63, 3.8) is 0 Å². The van der Waals surface area contributed by atoms with Gasteiger partial charge in [-0.2, -0.15) is 0 Å². The van der Waals surface area contributed by atoms with Crippen LogP contribution in [0.5, 0.6) is 0 Å². The first kappa shape index (κ1) is 16.0. The van der Waals surface area contributed by atoms with Gasteiger partial charge in [-0.3, -0.25) is 14.2 Å². The predicted molar refractivity (Wildman–Crippen MR) is 93.0 cm³/mol. The first-order chi connectivity index (χ1) is 11.0. The molecule has 1 amide bonds. The zero-order chi connectivity index (χ0) is 16.4. The molecule has 4 nitrogen and oxygen atoms in total. The highest BCUT2D eigenvalue weighted by Crippen LogP contribution is 2.24. The summed E-state index contributed by atoms with van der Waals surface area (Å²) in [5, 5.41) is 4.78. The molecule has 3 rings (SSSR count). The topological polar surface area (TPSA) is 51.1 Å². The lowest BCUT2D eigenvalue weighted by Crippen LogP contribution is -2.33. The molecule has 1 unspecified atom stereocenters. The van der Waals surface area contributed by atoms with Crippen molar-refractivity contribution in [1.29, 1.82) is 0 Å². The van der Waals surface area contributed by atoms with Crippen molar-refractivity contribution in [2.75, 3.05) is 0 Å². The molecular weight excluding hydrogens is 308 g/mol. The number of carbonyl (C=O) groups excluding carboxylic acids is 1. The lowest BCUT2D eigenvalue weighted by atomic mass is 9.89. The van der Waals surface area contributed by atoms with E-state index in [0.717, 1.165) is 35.4 Å². The van der Waals surface area contributed by atoms with Crippen molar-refractivity contribution in [1.82, 2.24) is 9.88 Å². The lowest BCUT2D eigenvalue weighted by Gasteiger charge is -2.20. The largest absolute Gasteiger partial charge is 0.348 e.